The van der Waals surface area contributed by atoms with Crippen molar-refractivity contribution in [3.8, 4) is 0 Å². The van der Waals surface area contributed by atoms with E-state index in [1.165, 1.54) is 12.1 Å². The van der Waals surface area contributed by atoms with Gasteiger partial charge in [-0.05, 0) is 12.1 Å². The minimum Gasteiger partial charge on any atom is -0.448 e. The van der Waals surface area contributed by atoms with Gasteiger partial charge in [0.1, 0.15) is 0 Å². The Hall–Kier alpha value is -2.95. The molecule has 0 bridgehead atoms. The summed E-state index contributed by atoms with van der Waals surface area (Å²) in [5, 5.41) is 0. The molecule has 0 fully saturated rings. The number of hydrogen-bond acceptors (Lipinski definition) is 5. The fourth-order valence-corrected chi connectivity index (χ4v) is 1.73. The van der Waals surface area contributed by atoms with Crippen LogP contribution < -0.4 is 0 Å². The summed E-state index contributed by atoms with van der Waals surface area (Å²) in [7, 11) is 0. The number of hydrogen-bond donors (Lipinski definition) is 0. The number of ether oxygens (including phenoxy) is 2. The van der Waals surface area contributed by atoms with E-state index in [0.29, 0.717) is 5.56 Å². The largest absolute Gasteiger partial charge is 0.448 e. The molecule has 0 spiro atoms. The van der Waals surface area contributed by atoms with Crippen molar-refractivity contribution in [2.45, 2.75) is 6.10 Å². The molecular formula is C16H12O5. The molecule has 106 valence electrons. The summed E-state index contributed by atoms with van der Waals surface area (Å²) >= 11 is 0. The van der Waals surface area contributed by atoms with Gasteiger partial charge in [-0.25, -0.2) is 9.59 Å². The Bertz CT molecular complexity index is 622. The summed E-state index contributed by atoms with van der Waals surface area (Å²) < 4.78 is 9.46. The Balaban J connectivity index is 2.13. The molecule has 0 aromatic heterocycles. The molecule has 0 saturated heterocycles. The molecule has 0 aliphatic carbocycles. The Morgan fingerprint density at radius 3 is 2.05 bits per heavy atom. The normalized spacial score (nSPS) is 11.2. The van der Waals surface area contributed by atoms with Crippen LogP contribution >= 0.6 is 0 Å². The summed E-state index contributed by atoms with van der Waals surface area (Å²) in [6, 6.07) is 16.4. The molecular weight excluding hydrogens is 272 g/mol. The van der Waals surface area contributed by atoms with Crippen molar-refractivity contribution in [3.05, 3.63) is 71.8 Å². The van der Waals surface area contributed by atoms with E-state index in [-0.39, 0.29) is 12.0 Å². The fraction of sp³-hybridized carbons (Fsp3) is 0.0625. The van der Waals surface area contributed by atoms with E-state index in [1.807, 2.05) is 0 Å². The summed E-state index contributed by atoms with van der Waals surface area (Å²) in [5.41, 5.74) is 0.666. The maximum Gasteiger partial charge on any atom is 0.360 e. The number of benzene rings is 2. The number of rotatable bonds is 5. The molecule has 1 atom stereocenters. The fourth-order valence-electron chi connectivity index (χ4n) is 1.73. The summed E-state index contributed by atoms with van der Waals surface area (Å²) in [6.07, 6.45) is -1.27. The molecule has 5 heteroatoms. The summed E-state index contributed by atoms with van der Waals surface area (Å²) in [4.78, 5) is 34.3. The van der Waals surface area contributed by atoms with Crippen molar-refractivity contribution in [2.24, 2.45) is 0 Å². The molecule has 0 radical (unpaired) electrons. The van der Waals surface area contributed by atoms with Gasteiger partial charge < -0.3 is 9.47 Å². The van der Waals surface area contributed by atoms with Gasteiger partial charge in [0.2, 0.25) is 6.10 Å². The second-order valence-electron chi connectivity index (χ2n) is 4.10. The van der Waals surface area contributed by atoms with Crippen LogP contribution in [-0.4, -0.2) is 18.4 Å². The maximum absolute atomic E-state index is 12.0. The predicted octanol–water partition coefficient (Wildman–Crippen LogP) is 2.28. The molecule has 0 aliphatic heterocycles. The molecule has 0 N–H and O–H groups in total. The highest BCUT2D eigenvalue weighted by Crippen LogP contribution is 2.18. The van der Waals surface area contributed by atoms with Crippen LogP contribution in [0.2, 0.25) is 0 Å². The van der Waals surface area contributed by atoms with Crippen molar-refractivity contribution in [2.75, 3.05) is 0 Å². The minimum absolute atomic E-state index is 0.145. The first kappa shape index (κ1) is 14.5. The highest BCUT2D eigenvalue weighted by atomic mass is 16.6. The van der Waals surface area contributed by atoms with Gasteiger partial charge in [0.25, 0.3) is 6.47 Å². The average molecular weight is 284 g/mol. The predicted molar refractivity (Wildman–Crippen MR) is 73.2 cm³/mol. The van der Waals surface area contributed by atoms with Gasteiger partial charge in [-0.3, -0.25) is 4.79 Å². The Labute approximate surface area is 121 Å². The second-order valence-corrected chi connectivity index (χ2v) is 4.10. The van der Waals surface area contributed by atoms with E-state index in [2.05, 4.69) is 0 Å². The highest BCUT2D eigenvalue weighted by Gasteiger charge is 2.26. The minimum atomic E-state index is -1.27. The third kappa shape index (κ3) is 3.76. The van der Waals surface area contributed by atoms with Gasteiger partial charge in [0.15, 0.2) is 0 Å². The third-order valence-electron chi connectivity index (χ3n) is 2.71. The molecule has 2 rings (SSSR count). The molecule has 0 amide bonds. The Morgan fingerprint density at radius 1 is 0.905 bits per heavy atom. The van der Waals surface area contributed by atoms with Crippen molar-refractivity contribution in [1.29, 1.82) is 0 Å². The van der Waals surface area contributed by atoms with Gasteiger partial charge >= 0.3 is 11.9 Å². The topological polar surface area (TPSA) is 69.7 Å². The highest BCUT2D eigenvalue weighted by molar-refractivity contribution is 5.98. The Kier molecular flexibility index (Phi) is 4.82. The molecule has 0 aliphatic rings. The van der Waals surface area contributed by atoms with E-state index >= 15 is 0 Å². The molecule has 2 aromatic carbocycles. The molecule has 21 heavy (non-hydrogen) atoms. The lowest BCUT2D eigenvalue weighted by Crippen LogP contribution is -2.22. The van der Waals surface area contributed by atoms with Crippen molar-refractivity contribution in [1.82, 2.24) is 0 Å². The molecule has 1 unspecified atom stereocenters. The number of carbonyl (C=O) groups is 3. The van der Waals surface area contributed by atoms with Crippen LogP contribution in [0, 0.1) is 0 Å². The SMILES string of the molecule is O=COC(C(=O)OC(=O)c1ccccc1)c1ccccc1. The van der Waals surface area contributed by atoms with Crippen LogP contribution in [0.3, 0.4) is 0 Å². The van der Waals surface area contributed by atoms with Gasteiger partial charge in [0.05, 0.1) is 5.56 Å². The van der Waals surface area contributed by atoms with Crippen LogP contribution in [0.15, 0.2) is 60.7 Å². The zero-order valence-electron chi connectivity index (χ0n) is 11.0. The van der Waals surface area contributed by atoms with Crippen LogP contribution in [0.5, 0.6) is 0 Å². The molecule has 5 nitrogen and oxygen atoms in total. The smallest absolute Gasteiger partial charge is 0.360 e. The van der Waals surface area contributed by atoms with Gasteiger partial charge in [-0.2, -0.15) is 0 Å². The first-order valence-corrected chi connectivity index (χ1v) is 6.17. The molecule has 0 saturated carbocycles. The first-order chi connectivity index (χ1) is 10.2. The van der Waals surface area contributed by atoms with Crippen LogP contribution in [0.1, 0.15) is 22.0 Å². The second kappa shape index (κ2) is 7.00. The lowest BCUT2D eigenvalue weighted by atomic mass is 10.1. The van der Waals surface area contributed by atoms with Gasteiger partial charge in [0, 0.05) is 5.56 Å². The van der Waals surface area contributed by atoms with Crippen molar-refractivity contribution in [3.63, 3.8) is 0 Å². The standard InChI is InChI=1S/C16H12O5/c17-11-20-14(12-7-3-1-4-8-12)16(19)21-15(18)13-9-5-2-6-10-13/h1-11,14H. The maximum atomic E-state index is 12.0. The lowest BCUT2D eigenvalue weighted by Gasteiger charge is -2.13. The monoisotopic (exact) mass is 284 g/mol. The van der Waals surface area contributed by atoms with E-state index in [0.717, 1.165) is 0 Å². The van der Waals surface area contributed by atoms with Crippen molar-refractivity contribution >= 4 is 18.4 Å². The quantitative estimate of drug-likeness (QED) is 0.478. The zero-order chi connectivity index (χ0) is 15.1. The van der Waals surface area contributed by atoms with E-state index in [9.17, 15) is 14.4 Å². The van der Waals surface area contributed by atoms with E-state index in [4.69, 9.17) is 9.47 Å². The van der Waals surface area contributed by atoms with Crippen LogP contribution in [-0.2, 0) is 19.1 Å². The van der Waals surface area contributed by atoms with Crippen LogP contribution in [0.4, 0.5) is 0 Å². The zero-order valence-corrected chi connectivity index (χ0v) is 11.0. The first-order valence-electron chi connectivity index (χ1n) is 6.17. The third-order valence-corrected chi connectivity index (χ3v) is 2.71. The van der Waals surface area contributed by atoms with Crippen LogP contribution in [0.25, 0.3) is 0 Å². The summed E-state index contributed by atoms with van der Waals surface area (Å²) in [6.45, 7) is 0.145. The lowest BCUT2D eigenvalue weighted by molar-refractivity contribution is -0.157. The summed E-state index contributed by atoms with van der Waals surface area (Å²) in [5.74, 6) is -1.74. The molecule has 0 heterocycles. The Morgan fingerprint density at radius 2 is 1.48 bits per heavy atom. The molecule has 2 aromatic rings. The number of carbonyl (C=O) groups excluding carboxylic acids is 3. The van der Waals surface area contributed by atoms with E-state index < -0.39 is 18.0 Å². The number of esters is 2. The van der Waals surface area contributed by atoms with E-state index in [1.54, 1.807) is 48.5 Å². The van der Waals surface area contributed by atoms with Gasteiger partial charge in [-0.15, -0.1) is 0 Å². The van der Waals surface area contributed by atoms with Crippen molar-refractivity contribution < 1.29 is 23.9 Å². The average Bonchev–Trinajstić information content (AvgIpc) is 2.54. The van der Waals surface area contributed by atoms with Gasteiger partial charge in [-0.1, -0.05) is 48.5 Å².